The molecular weight excluding hydrogens is 396 g/mol. The van der Waals surface area contributed by atoms with Crippen molar-refractivity contribution in [3.63, 3.8) is 0 Å². The van der Waals surface area contributed by atoms with Gasteiger partial charge in [0.1, 0.15) is 11.6 Å². The molecule has 1 heterocycles. The van der Waals surface area contributed by atoms with Crippen LogP contribution in [-0.4, -0.2) is 43.0 Å². The Morgan fingerprint density at radius 1 is 1.14 bits per heavy atom. The summed E-state index contributed by atoms with van der Waals surface area (Å²) < 4.78 is 27.6. The summed E-state index contributed by atoms with van der Waals surface area (Å²) in [4.78, 5) is 14.5. The summed E-state index contributed by atoms with van der Waals surface area (Å²) in [5, 5.41) is 2.85. The van der Waals surface area contributed by atoms with Gasteiger partial charge in [0.2, 0.25) is 5.91 Å². The SMILES string of the molecule is CC(Cc1c(F)cccc1F)NC(=O)CN1C[C@@H](CN)[C@H](c2ccccc2)C1.Cl. The molecule has 0 spiro atoms. The zero-order chi connectivity index (χ0) is 20.1. The van der Waals surface area contributed by atoms with Gasteiger partial charge in [0.05, 0.1) is 6.54 Å². The fraction of sp³-hybridized carbons (Fsp3) is 0.409. The Balaban J connectivity index is 0.00000300. The molecule has 3 atom stereocenters. The molecule has 4 nitrogen and oxygen atoms in total. The molecule has 1 fully saturated rings. The quantitative estimate of drug-likeness (QED) is 0.719. The highest BCUT2D eigenvalue weighted by atomic mass is 35.5. The van der Waals surface area contributed by atoms with E-state index in [4.69, 9.17) is 5.73 Å². The molecule has 2 aromatic rings. The van der Waals surface area contributed by atoms with Crippen LogP contribution >= 0.6 is 12.4 Å². The smallest absolute Gasteiger partial charge is 0.234 e. The number of nitrogens with zero attached hydrogens (tertiary/aromatic N) is 1. The number of rotatable bonds is 7. The number of amides is 1. The molecule has 3 N–H and O–H groups in total. The molecule has 0 aromatic heterocycles. The van der Waals surface area contributed by atoms with Crippen LogP contribution in [0.3, 0.4) is 0 Å². The summed E-state index contributed by atoms with van der Waals surface area (Å²) in [6.45, 7) is 4.11. The molecule has 1 amide bonds. The van der Waals surface area contributed by atoms with E-state index >= 15 is 0 Å². The van der Waals surface area contributed by atoms with Crippen molar-refractivity contribution in [1.82, 2.24) is 10.2 Å². The van der Waals surface area contributed by atoms with Crippen molar-refractivity contribution in [2.75, 3.05) is 26.2 Å². The van der Waals surface area contributed by atoms with Crippen LogP contribution in [0.1, 0.15) is 24.0 Å². The van der Waals surface area contributed by atoms with Crippen LogP contribution in [0.25, 0.3) is 0 Å². The third-order valence-electron chi connectivity index (χ3n) is 5.39. The van der Waals surface area contributed by atoms with Crippen molar-refractivity contribution < 1.29 is 13.6 Å². The molecule has 0 saturated carbocycles. The monoisotopic (exact) mass is 423 g/mol. The number of benzene rings is 2. The van der Waals surface area contributed by atoms with E-state index in [9.17, 15) is 13.6 Å². The molecule has 1 aliphatic rings. The topological polar surface area (TPSA) is 58.4 Å². The summed E-state index contributed by atoms with van der Waals surface area (Å²) in [5.74, 6) is -0.702. The standard InChI is InChI=1S/C22H27F2N3O.ClH/c1-15(10-18-20(23)8-5-9-21(18)24)26-22(28)14-27-12-17(11-25)19(13-27)16-6-3-2-4-7-16;/h2-9,15,17,19H,10-14,25H2,1H3,(H,26,28);1H/t15?,17-,19+;/m1./s1. The minimum atomic E-state index is -0.586. The fourth-order valence-electron chi connectivity index (χ4n) is 4.01. The fourth-order valence-corrected chi connectivity index (χ4v) is 4.01. The lowest BCUT2D eigenvalue weighted by Crippen LogP contribution is -2.41. The highest BCUT2D eigenvalue weighted by Crippen LogP contribution is 2.31. The van der Waals surface area contributed by atoms with Crippen LogP contribution < -0.4 is 11.1 Å². The first-order chi connectivity index (χ1) is 13.5. The first-order valence-electron chi connectivity index (χ1n) is 9.67. The molecule has 7 heteroatoms. The Labute approximate surface area is 176 Å². The first-order valence-corrected chi connectivity index (χ1v) is 9.67. The average molecular weight is 424 g/mol. The van der Waals surface area contributed by atoms with Gasteiger partial charge in [-0.15, -0.1) is 12.4 Å². The van der Waals surface area contributed by atoms with Gasteiger partial charge in [-0.05, 0) is 43.5 Å². The van der Waals surface area contributed by atoms with E-state index in [-0.39, 0.29) is 42.9 Å². The summed E-state index contributed by atoms with van der Waals surface area (Å²) in [5.41, 5.74) is 7.19. The van der Waals surface area contributed by atoms with E-state index in [1.54, 1.807) is 6.92 Å². The Bertz CT molecular complexity index is 786. The second-order valence-electron chi connectivity index (χ2n) is 7.58. The highest BCUT2D eigenvalue weighted by molar-refractivity contribution is 5.85. The second kappa shape index (κ2) is 10.7. The lowest BCUT2D eigenvalue weighted by atomic mass is 9.89. The van der Waals surface area contributed by atoms with E-state index in [1.165, 1.54) is 23.8 Å². The van der Waals surface area contributed by atoms with Crippen LogP contribution in [0, 0.1) is 17.6 Å². The maximum Gasteiger partial charge on any atom is 0.234 e. The number of hydrogen-bond donors (Lipinski definition) is 2. The number of halogens is 3. The van der Waals surface area contributed by atoms with Crippen molar-refractivity contribution in [3.8, 4) is 0 Å². The third-order valence-corrected chi connectivity index (χ3v) is 5.39. The van der Waals surface area contributed by atoms with Gasteiger partial charge in [0.25, 0.3) is 0 Å². The first kappa shape index (κ1) is 23.3. The largest absolute Gasteiger partial charge is 0.352 e. The molecular formula is C22H28ClF2N3O. The highest BCUT2D eigenvalue weighted by Gasteiger charge is 2.33. The van der Waals surface area contributed by atoms with Crippen LogP contribution in [0.2, 0.25) is 0 Å². The second-order valence-corrected chi connectivity index (χ2v) is 7.58. The molecule has 158 valence electrons. The van der Waals surface area contributed by atoms with Crippen molar-refractivity contribution in [3.05, 3.63) is 71.3 Å². The van der Waals surface area contributed by atoms with Gasteiger partial charge in [-0.1, -0.05) is 36.4 Å². The number of carbonyl (C=O) groups excluding carboxylic acids is 1. The normalized spacial score (nSPS) is 20.1. The molecule has 1 aliphatic heterocycles. The molecule has 1 unspecified atom stereocenters. The van der Waals surface area contributed by atoms with Crippen LogP contribution in [-0.2, 0) is 11.2 Å². The lowest BCUT2D eigenvalue weighted by Gasteiger charge is -2.19. The number of nitrogens with two attached hydrogens (primary N) is 1. The maximum absolute atomic E-state index is 13.8. The molecule has 2 aromatic carbocycles. The summed E-state index contributed by atoms with van der Waals surface area (Å²) >= 11 is 0. The van der Waals surface area contributed by atoms with Gasteiger partial charge < -0.3 is 11.1 Å². The minimum absolute atomic E-state index is 0. The molecule has 0 radical (unpaired) electrons. The number of hydrogen-bond acceptors (Lipinski definition) is 3. The van der Waals surface area contributed by atoms with Crippen LogP contribution in [0.15, 0.2) is 48.5 Å². The Hall–Kier alpha value is -2.02. The van der Waals surface area contributed by atoms with E-state index in [0.29, 0.717) is 18.4 Å². The van der Waals surface area contributed by atoms with Gasteiger partial charge in [0.15, 0.2) is 0 Å². The predicted molar refractivity (Wildman–Crippen MR) is 113 cm³/mol. The molecule has 0 aliphatic carbocycles. The molecule has 29 heavy (non-hydrogen) atoms. The number of likely N-dealkylation sites (tertiary alicyclic amines) is 1. The third kappa shape index (κ3) is 5.98. The average Bonchev–Trinajstić information content (AvgIpc) is 3.08. The maximum atomic E-state index is 13.8. The Morgan fingerprint density at radius 3 is 2.41 bits per heavy atom. The summed E-state index contributed by atoms with van der Waals surface area (Å²) in [7, 11) is 0. The van der Waals surface area contributed by atoms with Crippen molar-refractivity contribution >= 4 is 18.3 Å². The van der Waals surface area contributed by atoms with E-state index in [1.807, 2.05) is 18.2 Å². The van der Waals surface area contributed by atoms with Crippen LogP contribution in [0.4, 0.5) is 8.78 Å². The minimum Gasteiger partial charge on any atom is -0.352 e. The van der Waals surface area contributed by atoms with Gasteiger partial charge in [0, 0.05) is 30.6 Å². The lowest BCUT2D eigenvalue weighted by molar-refractivity contribution is -0.122. The van der Waals surface area contributed by atoms with E-state index < -0.39 is 11.6 Å². The van der Waals surface area contributed by atoms with Crippen LogP contribution in [0.5, 0.6) is 0 Å². The Morgan fingerprint density at radius 2 is 1.79 bits per heavy atom. The zero-order valence-corrected chi connectivity index (χ0v) is 17.3. The molecule has 1 saturated heterocycles. The Kier molecular flexibility index (Phi) is 8.56. The molecule has 3 rings (SSSR count). The predicted octanol–water partition coefficient (Wildman–Crippen LogP) is 3.11. The van der Waals surface area contributed by atoms with E-state index in [0.717, 1.165) is 13.1 Å². The van der Waals surface area contributed by atoms with Gasteiger partial charge in [-0.3, -0.25) is 9.69 Å². The zero-order valence-electron chi connectivity index (χ0n) is 16.5. The van der Waals surface area contributed by atoms with Crippen molar-refractivity contribution in [2.45, 2.75) is 25.3 Å². The molecule has 0 bridgehead atoms. The summed E-state index contributed by atoms with van der Waals surface area (Å²) in [6, 6.07) is 13.6. The van der Waals surface area contributed by atoms with Gasteiger partial charge >= 0.3 is 0 Å². The number of nitrogens with one attached hydrogen (secondary N) is 1. The van der Waals surface area contributed by atoms with Crippen molar-refractivity contribution in [2.24, 2.45) is 11.7 Å². The summed E-state index contributed by atoms with van der Waals surface area (Å²) in [6.07, 6.45) is 0.113. The van der Waals surface area contributed by atoms with Gasteiger partial charge in [-0.2, -0.15) is 0 Å². The van der Waals surface area contributed by atoms with E-state index in [2.05, 4.69) is 22.3 Å². The number of carbonyl (C=O) groups is 1. The van der Waals surface area contributed by atoms with Gasteiger partial charge in [-0.25, -0.2) is 8.78 Å². The van der Waals surface area contributed by atoms with Crippen molar-refractivity contribution in [1.29, 1.82) is 0 Å².